The number of carbonyl (C=O) groups excluding carboxylic acids is 1. The summed E-state index contributed by atoms with van der Waals surface area (Å²) in [6.45, 7) is 1.55. The number of carbonyl (C=O) groups is 1. The molecule has 1 heterocycles. The predicted molar refractivity (Wildman–Crippen MR) is 82.0 cm³/mol. The molecule has 3 nitrogen and oxygen atoms in total. The minimum atomic E-state index is -0.0105. The smallest absolute Gasteiger partial charge is 0.257 e. The van der Waals surface area contributed by atoms with Crippen LogP contribution in [0.15, 0.2) is 18.2 Å². The molecule has 0 N–H and O–H groups in total. The molecule has 20 heavy (non-hydrogen) atoms. The fourth-order valence-corrected chi connectivity index (χ4v) is 3.14. The van der Waals surface area contributed by atoms with Crippen LogP contribution in [0.1, 0.15) is 29.6 Å². The van der Waals surface area contributed by atoms with Gasteiger partial charge < -0.3 is 9.64 Å². The number of rotatable bonds is 4. The number of ether oxygens (including phenoxy) is 1. The van der Waals surface area contributed by atoms with Crippen LogP contribution in [0.25, 0.3) is 0 Å². The van der Waals surface area contributed by atoms with Gasteiger partial charge in [0.05, 0.1) is 12.7 Å². The fraction of sp³-hybridized carbons (Fsp3) is 0.533. The van der Waals surface area contributed by atoms with Crippen LogP contribution in [0.5, 0.6) is 5.75 Å². The first-order chi connectivity index (χ1) is 9.65. The van der Waals surface area contributed by atoms with Crippen LogP contribution in [0.3, 0.4) is 0 Å². The maximum Gasteiger partial charge on any atom is 0.257 e. The van der Waals surface area contributed by atoms with Crippen LogP contribution >= 0.6 is 23.2 Å². The molecule has 1 aromatic rings. The van der Waals surface area contributed by atoms with E-state index in [-0.39, 0.29) is 5.91 Å². The van der Waals surface area contributed by atoms with Crippen molar-refractivity contribution in [2.75, 3.05) is 26.1 Å². The third-order valence-corrected chi connectivity index (χ3v) is 4.17. The van der Waals surface area contributed by atoms with E-state index in [0.717, 1.165) is 32.4 Å². The number of hydrogen-bond acceptors (Lipinski definition) is 2. The highest BCUT2D eigenvalue weighted by atomic mass is 35.5. The standard InChI is InChI=1S/C15H19Cl2NO2/c1-20-14-5-4-12(17)9-13(14)15(19)18-8-2-3-11(10-18)6-7-16/h4-5,9,11H,2-3,6-8,10H2,1H3. The maximum absolute atomic E-state index is 12.6. The van der Waals surface area contributed by atoms with Crippen molar-refractivity contribution >= 4 is 29.1 Å². The molecular formula is C15H19Cl2NO2. The molecule has 2 rings (SSSR count). The van der Waals surface area contributed by atoms with E-state index in [1.54, 1.807) is 25.3 Å². The van der Waals surface area contributed by atoms with Gasteiger partial charge in [-0.3, -0.25) is 4.79 Å². The van der Waals surface area contributed by atoms with Crippen molar-refractivity contribution in [3.05, 3.63) is 28.8 Å². The predicted octanol–water partition coefficient (Wildman–Crippen LogP) is 3.83. The Hall–Kier alpha value is -0.930. The zero-order valence-electron chi connectivity index (χ0n) is 11.6. The molecule has 0 bridgehead atoms. The number of halogens is 2. The summed E-state index contributed by atoms with van der Waals surface area (Å²) < 4.78 is 5.26. The number of likely N-dealkylation sites (tertiary alicyclic amines) is 1. The summed E-state index contributed by atoms with van der Waals surface area (Å²) >= 11 is 11.8. The van der Waals surface area contributed by atoms with Gasteiger partial charge in [0.1, 0.15) is 5.75 Å². The zero-order valence-corrected chi connectivity index (χ0v) is 13.1. The number of alkyl halides is 1. The van der Waals surface area contributed by atoms with Crippen molar-refractivity contribution in [2.24, 2.45) is 5.92 Å². The normalized spacial score (nSPS) is 18.9. The lowest BCUT2D eigenvalue weighted by atomic mass is 9.95. The van der Waals surface area contributed by atoms with Gasteiger partial charge in [-0.2, -0.15) is 0 Å². The molecule has 0 aliphatic carbocycles. The van der Waals surface area contributed by atoms with E-state index in [1.807, 2.05) is 4.90 Å². The molecular weight excluding hydrogens is 297 g/mol. The minimum Gasteiger partial charge on any atom is -0.496 e. The first-order valence-corrected chi connectivity index (χ1v) is 7.75. The highest BCUT2D eigenvalue weighted by Gasteiger charge is 2.26. The quantitative estimate of drug-likeness (QED) is 0.790. The molecule has 0 spiro atoms. The minimum absolute atomic E-state index is 0.0105. The Morgan fingerprint density at radius 2 is 2.30 bits per heavy atom. The summed E-state index contributed by atoms with van der Waals surface area (Å²) in [5.74, 6) is 1.70. The molecule has 110 valence electrons. The fourth-order valence-electron chi connectivity index (χ4n) is 2.66. The Balaban J connectivity index is 2.16. The topological polar surface area (TPSA) is 29.5 Å². The largest absolute Gasteiger partial charge is 0.496 e. The lowest BCUT2D eigenvalue weighted by Gasteiger charge is -2.33. The van der Waals surface area contributed by atoms with Gasteiger partial charge in [0.15, 0.2) is 0 Å². The van der Waals surface area contributed by atoms with E-state index >= 15 is 0 Å². The Morgan fingerprint density at radius 3 is 3.00 bits per heavy atom. The number of nitrogens with zero attached hydrogens (tertiary/aromatic N) is 1. The Kier molecular flexibility index (Phi) is 5.55. The van der Waals surface area contributed by atoms with Crippen LogP contribution in [-0.2, 0) is 0 Å². The van der Waals surface area contributed by atoms with Crippen molar-refractivity contribution < 1.29 is 9.53 Å². The summed E-state index contributed by atoms with van der Waals surface area (Å²) in [5, 5.41) is 0.545. The number of piperidine rings is 1. The Morgan fingerprint density at radius 1 is 1.50 bits per heavy atom. The van der Waals surface area contributed by atoms with E-state index < -0.39 is 0 Å². The number of benzene rings is 1. The van der Waals surface area contributed by atoms with Crippen molar-refractivity contribution in [3.8, 4) is 5.75 Å². The van der Waals surface area contributed by atoms with Gasteiger partial charge in [-0.1, -0.05) is 11.6 Å². The molecule has 1 aromatic carbocycles. The van der Waals surface area contributed by atoms with Crippen molar-refractivity contribution in [1.29, 1.82) is 0 Å². The zero-order chi connectivity index (χ0) is 14.5. The highest BCUT2D eigenvalue weighted by Crippen LogP contribution is 2.27. The van der Waals surface area contributed by atoms with Gasteiger partial charge in [-0.05, 0) is 43.4 Å². The highest BCUT2D eigenvalue weighted by molar-refractivity contribution is 6.31. The van der Waals surface area contributed by atoms with Crippen molar-refractivity contribution in [3.63, 3.8) is 0 Å². The number of methoxy groups -OCH3 is 1. The molecule has 1 aliphatic rings. The Bertz CT molecular complexity index is 477. The van der Waals surface area contributed by atoms with E-state index in [4.69, 9.17) is 27.9 Å². The van der Waals surface area contributed by atoms with Crippen molar-refractivity contribution in [1.82, 2.24) is 4.90 Å². The van der Waals surface area contributed by atoms with E-state index in [9.17, 15) is 4.79 Å². The molecule has 1 fully saturated rings. The molecule has 1 aliphatic heterocycles. The van der Waals surface area contributed by atoms with Crippen molar-refractivity contribution in [2.45, 2.75) is 19.3 Å². The Labute approximate surface area is 129 Å². The second-order valence-electron chi connectivity index (χ2n) is 5.08. The first-order valence-electron chi connectivity index (χ1n) is 6.84. The molecule has 0 saturated carbocycles. The SMILES string of the molecule is COc1ccc(Cl)cc1C(=O)N1CCCC(CCCl)C1. The molecule has 1 atom stereocenters. The van der Waals surface area contributed by atoms with Gasteiger partial charge in [0.25, 0.3) is 5.91 Å². The first kappa shape index (κ1) is 15.5. The molecule has 1 amide bonds. The van der Waals surface area contributed by atoms with Crippen LogP contribution in [0, 0.1) is 5.92 Å². The van der Waals surface area contributed by atoms with Gasteiger partial charge >= 0.3 is 0 Å². The molecule has 5 heteroatoms. The monoisotopic (exact) mass is 315 g/mol. The summed E-state index contributed by atoms with van der Waals surface area (Å²) in [4.78, 5) is 14.5. The average Bonchev–Trinajstić information content (AvgIpc) is 2.47. The number of amides is 1. The van der Waals surface area contributed by atoms with Crippen LogP contribution < -0.4 is 4.74 Å². The molecule has 0 aromatic heterocycles. The lowest BCUT2D eigenvalue weighted by Crippen LogP contribution is -2.40. The second-order valence-corrected chi connectivity index (χ2v) is 5.90. The lowest BCUT2D eigenvalue weighted by molar-refractivity contribution is 0.0668. The number of hydrogen-bond donors (Lipinski definition) is 0. The van der Waals surface area contributed by atoms with E-state index in [1.165, 1.54) is 0 Å². The van der Waals surface area contributed by atoms with Gasteiger partial charge in [0, 0.05) is 24.0 Å². The summed E-state index contributed by atoms with van der Waals surface area (Å²) in [6.07, 6.45) is 3.12. The molecule has 0 radical (unpaired) electrons. The summed E-state index contributed by atoms with van der Waals surface area (Å²) in [7, 11) is 1.56. The maximum atomic E-state index is 12.6. The van der Waals surface area contributed by atoms with E-state index in [0.29, 0.717) is 28.1 Å². The van der Waals surface area contributed by atoms with E-state index in [2.05, 4.69) is 0 Å². The third-order valence-electron chi connectivity index (χ3n) is 3.72. The van der Waals surface area contributed by atoms with Gasteiger partial charge in [0.2, 0.25) is 0 Å². The third kappa shape index (κ3) is 3.58. The molecule has 1 saturated heterocycles. The van der Waals surface area contributed by atoms with Gasteiger partial charge in [-0.15, -0.1) is 11.6 Å². The van der Waals surface area contributed by atoms with Crippen LogP contribution in [-0.4, -0.2) is 36.9 Å². The summed E-state index contributed by atoms with van der Waals surface area (Å²) in [5.41, 5.74) is 0.534. The van der Waals surface area contributed by atoms with Gasteiger partial charge in [-0.25, -0.2) is 0 Å². The average molecular weight is 316 g/mol. The second kappa shape index (κ2) is 7.19. The van der Waals surface area contributed by atoms with Crippen LogP contribution in [0.2, 0.25) is 5.02 Å². The molecule has 1 unspecified atom stereocenters. The summed E-state index contributed by atoms with van der Waals surface area (Å²) in [6, 6.07) is 5.13. The van der Waals surface area contributed by atoms with Crippen LogP contribution in [0.4, 0.5) is 0 Å².